The normalized spacial score (nSPS) is 36.7. The third-order valence-corrected chi connectivity index (χ3v) is 6.39. The highest BCUT2D eigenvalue weighted by atomic mass is 32.2. The molecule has 0 spiro atoms. The standard InChI is InChI=1S/C17H30O2S/c1-11(2)6-9-14(18)16-19-15-10-12(3)7-8-13(15)17(4,5)20-16/h11-13,15-16H,6-10H2,1-5H3. The summed E-state index contributed by atoms with van der Waals surface area (Å²) in [5, 5.41) is 0. The Morgan fingerprint density at radius 1 is 1.35 bits per heavy atom. The second-order valence-electron chi connectivity index (χ2n) is 7.65. The second kappa shape index (κ2) is 6.39. The number of ether oxygens (including phenoxy) is 1. The largest absolute Gasteiger partial charge is 0.356 e. The molecule has 116 valence electrons. The molecule has 0 radical (unpaired) electrons. The predicted octanol–water partition coefficient (Wildman–Crippen LogP) is 4.66. The van der Waals surface area contributed by atoms with E-state index in [2.05, 4.69) is 34.6 Å². The SMILES string of the molecule is CC(C)CCC(=O)C1OC2CC(C)CCC2C(C)(C)S1. The first-order valence-electron chi connectivity index (χ1n) is 8.15. The van der Waals surface area contributed by atoms with Crippen molar-refractivity contribution >= 4 is 17.5 Å². The van der Waals surface area contributed by atoms with Crippen LogP contribution in [0.25, 0.3) is 0 Å². The molecule has 0 amide bonds. The van der Waals surface area contributed by atoms with Crippen LogP contribution in [-0.4, -0.2) is 22.1 Å². The van der Waals surface area contributed by atoms with Crippen molar-refractivity contribution in [1.29, 1.82) is 0 Å². The summed E-state index contributed by atoms with van der Waals surface area (Å²) < 4.78 is 6.37. The van der Waals surface area contributed by atoms with Gasteiger partial charge in [0.25, 0.3) is 0 Å². The Morgan fingerprint density at radius 2 is 2.05 bits per heavy atom. The maximum atomic E-state index is 12.4. The number of rotatable bonds is 4. The van der Waals surface area contributed by atoms with Gasteiger partial charge in [0.1, 0.15) is 0 Å². The molecule has 20 heavy (non-hydrogen) atoms. The van der Waals surface area contributed by atoms with Gasteiger partial charge in [-0.15, -0.1) is 11.8 Å². The molecule has 1 aliphatic heterocycles. The van der Waals surface area contributed by atoms with Crippen LogP contribution in [0.2, 0.25) is 0 Å². The van der Waals surface area contributed by atoms with Crippen molar-refractivity contribution in [2.45, 2.75) is 83.0 Å². The third-order valence-electron chi connectivity index (χ3n) is 4.89. The lowest BCUT2D eigenvalue weighted by Gasteiger charge is -2.49. The maximum Gasteiger partial charge on any atom is 0.171 e. The molecule has 0 N–H and O–H groups in total. The summed E-state index contributed by atoms with van der Waals surface area (Å²) in [6, 6.07) is 0. The molecule has 2 aliphatic rings. The molecule has 1 saturated carbocycles. The fraction of sp³-hybridized carbons (Fsp3) is 0.941. The lowest BCUT2D eigenvalue weighted by atomic mass is 9.75. The van der Waals surface area contributed by atoms with E-state index in [1.54, 1.807) is 11.8 Å². The Bertz CT molecular complexity index is 351. The minimum atomic E-state index is -0.227. The van der Waals surface area contributed by atoms with Crippen LogP contribution in [0.15, 0.2) is 0 Å². The van der Waals surface area contributed by atoms with Gasteiger partial charge in [0.2, 0.25) is 0 Å². The Labute approximate surface area is 128 Å². The number of ketones is 1. The minimum absolute atomic E-state index is 0.168. The van der Waals surface area contributed by atoms with Crippen LogP contribution < -0.4 is 0 Å². The first-order valence-corrected chi connectivity index (χ1v) is 9.03. The van der Waals surface area contributed by atoms with E-state index in [1.165, 1.54) is 12.8 Å². The van der Waals surface area contributed by atoms with Crippen molar-refractivity contribution in [3.8, 4) is 0 Å². The van der Waals surface area contributed by atoms with Gasteiger partial charge < -0.3 is 4.74 Å². The summed E-state index contributed by atoms with van der Waals surface area (Å²) in [6.07, 6.45) is 5.62. The molecule has 2 fully saturated rings. The lowest BCUT2D eigenvalue weighted by Crippen LogP contribution is -2.50. The van der Waals surface area contributed by atoms with Crippen molar-refractivity contribution in [2.24, 2.45) is 17.8 Å². The Kier molecular flexibility index (Phi) is 5.23. The number of fused-ring (bicyclic) bond motifs is 1. The van der Waals surface area contributed by atoms with Crippen LogP contribution in [0.4, 0.5) is 0 Å². The van der Waals surface area contributed by atoms with E-state index in [9.17, 15) is 4.79 Å². The van der Waals surface area contributed by atoms with Crippen molar-refractivity contribution in [2.75, 3.05) is 0 Å². The third kappa shape index (κ3) is 3.79. The molecule has 2 nitrogen and oxygen atoms in total. The van der Waals surface area contributed by atoms with Gasteiger partial charge in [0.05, 0.1) is 6.10 Å². The molecule has 0 aromatic heterocycles. The fourth-order valence-corrected chi connectivity index (χ4v) is 4.96. The van der Waals surface area contributed by atoms with Crippen LogP contribution in [-0.2, 0) is 9.53 Å². The first kappa shape index (κ1) is 16.4. The summed E-state index contributed by atoms with van der Waals surface area (Å²) in [7, 11) is 0. The highest BCUT2D eigenvalue weighted by Crippen LogP contribution is 2.50. The van der Waals surface area contributed by atoms with Crippen LogP contribution in [0.3, 0.4) is 0 Å². The zero-order valence-electron chi connectivity index (χ0n) is 13.6. The average molecular weight is 298 g/mol. The summed E-state index contributed by atoms with van der Waals surface area (Å²) in [6.45, 7) is 11.3. The van der Waals surface area contributed by atoms with Crippen LogP contribution >= 0.6 is 11.8 Å². The number of thioether (sulfide) groups is 1. The van der Waals surface area contributed by atoms with E-state index in [0.29, 0.717) is 30.1 Å². The average Bonchev–Trinajstić information content (AvgIpc) is 2.34. The van der Waals surface area contributed by atoms with E-state index in [0.717, 1.165) is 18.8 Å². The second-order valence-corrected chi connectivity index (χ2v) is 9.37. The zero-order chi connectivity index (χ0) is 14.9. The quantitative estimate of drug-likeness (QED) is 0.755. The molecule has 0 bridgehead atoms. The van der Waals surface area contributed by atoms with Gasteiger partial charge in [-0.3, -0.25) is 4.79 Å². The number of hydrogen-bond acceptors (Lipinski definition) is 3. The molecule has 3 heteroatoms. The summed E-state index contributed by atoms with van der Waals surface area (Å²) in [5.41, 5.74) is -0.227. The monoisotopic (exact) mass is 298 g/mol. The Morgan fingerprint density at radius 3 is 2.70 bits per heavy atom. The van der Waals surface area contributed by atoms with Gasteiger partial charge in [-0.05, 0) is 37.0 Å². The van der Waals surface area contributed by atoms with Gasteiger partial charge >= 0.3 is 0 Å². The topological polar surface area (TPSA) is 26.3 Å². The molecule has 2 rings (SSSR count). The van der Waals surface area contributed by atoms with E-state index in [4.69, 9.17) is 4.74 Å². The Balaban J connectivity index is 2.01. The summed E-state index contributed by atoms with van der Waals surface area (Å²) in [5.74, 6) is 2.23. The van der Waals surface area contributed by atoms with E-state index in [1.807, 2.05) is 0 Å². The molecule has 4 atom stereocenters. The van der Waals surface area contributed by atoms with Gasteiger partial charge in [-0.1, -0.05) is 41.0 Å². The van der Waals surface area contributed by atoms with Gasteiger partial charge in [0.15, 0.2) is 11.2 Å². The van der Waals surface area contributed by atoms with Crippen LogP contribution in [0.1, 0.15) is 66.7 Å². The van der Waals surface area contributed by atoms with E-state index < -0.39 is 0 Å². The zero-order valence-corrected chi connectivity index (χ0v) is 14.5. The summed E-state index contributed by atoms with van der Waals surface area (Å²) >= 11 is 1.76. The highest BCUT2D eigenvalue weighted by Gasteiger charge is 2.47. The highest BCUT2D eigenvalue weighted by molar-refractivity contribution is 8.01. The van der Waals surface area contributed by atoms with E-state index in [-0.39, 0.29) is 10.2 Å². The molecule has 1 saturated heterocycles. The number of hydrogen-bond donors (Lipinski definition) is 0. The molecule has 1 aliphatic carbocycles. The molecule has 0 aromatic carbocycles. The Hall–Kier alpha value is -0.0200. The van der Waals surface area contributed by atoms with Gasteiger partial charge in [-0.25, -0.2) is 0 Å². The molecular weight excluding hydrogens is 268 g/mol. The smallest absolute Gasteiger partial charge is 0.171 e. The van der Waals surface area contributed by atoms with Crippen molar-refractivity contribution in [3.05, 3.63) is 0 Å². The minimum Gasteiger partial charge on any atom is -0.356 e. The molecule has 0 aromatic rings. The van der Waals surface area contributed by atoms with Crippen LogP contribution in [0, 0.1) is 17.8 Å². The molecule has 4 unspecified atom stereocenters. The van der Waals surface area contributed by atoms with Crippen molar-refractivity contribution in [3.63, 3.8) is 0 Å². The number of carbonyl (C=O) groups is 1. The first-order chi connectivity index (χ1) is 9.29. The van der Waals surface area contributed by atoms with Crippen LogP contribution in [0.5, 0.6) is 0 Å². The van der Waals surface area contributed by atoms with E-state index >= 15 is 0 Å². The van der Waals surface area contributed by atoms with Crippen molar-refractivity contribution < 1.29 is 9.53 Å². The van der Waals surface area contributed by atoms with Gasteiger partial charge in [0, 0.05) is 11.2 Å². The number of Topliss-reactive ketones (excluding diaryl/α,β-unsaturated/α-hetero) is 1. The molecule has 1 heterocycles. The predicted molar refractivity (Wildman–Crippen MR) is 85.9 cm³/mol. The number of carbonyl (C=O) groups excluding carboxylic acids is 1. The van der Waals surface area contributed by atoms with Gasteiger partial charge in [-0.2, -0.15) is 0 Å². The maximum absolute atomic E-state index is 12.4. The summed E-state index contributed by atoms with van der Waals surface area (Å²) in [4.78, 5) is 12.4. The fourth-order valence-electron chi connectivity index (χ4n) is 3.51. The molecular formula is C17H30O2S. The lowest BCUT2D eigenvalue weighted by molar-refractivity contribution is -0.134. The van der Waals surface area contributed by atoms with Crippen molar-refractivity contribution in [1.82, 2.24) is 0 Å².